The first kappa shape index (κ1) is 17.9. The van der Waals surface area contributed by atoms with E-state index < -0.39 is 0 Å². The summed E-state index contributed by atoms with van der Waals surface area (Å²) in [7, 11) is 0. The predicted molar refractivity (Wildman–Crippen MR) is 95.9 cm³/mol. The van der Waals surface area contributed by atoms with E-state index in [1.54, 1.807) is 0 Å². The maximum absolute atomic E-state index is 12.4. The van der Waals surface area contributed by atoms with E-state index in [1.165, 1.54) is 5.56 Å². The lowest BCUT2D eigenvalue weighted by Crippen LogP contribution is -2.49. The molecule has 0 bridgehead atoms. The molecule has 1 aromatic rings. The van der Waals surface area contributed by atoms with E-state index in [2.05, 4.69) is 17.4 Å². The summed E-state index contributed by atoms with van der Waals surface area (Å²) in [6, 6.07) is 10.2. The standard InChI is InChI=1S/C20H28N2O3/c23-17-13-16(14-17)18(12-15-6-2-1-3-7-15)21-19(24)9-11-22-10-5-4-8-20(22)25/h1-3,6-7,16-18,23H,4-5,8-14H2,(H,21,24)/t16?,17?,18-/m0/s1. The van der Waals surface area contributed by atoms with Crippen LogP contribution in [0.3, 0.4) is 0 Å². The van der Waals surface area contributed by atoms with Crippen molar-refractivity contribution in [2.45, 2.75) is 57.1 Å². The van der Waals surface area contributed by atoms with Gasteiger partial charge in [0, 0.05) is 32.0 Å². The lowest BCUT2D eigenvalue weighted by Gasteiger charge is -2.38. The van der Waals surface area contributed by atoms with Gasteiger partial charge in [0.15, 0.2) is 0 Å². The van der Waals surface area contributed by atoms with E-state index in [0.717, 1.165) is 38.6 Å². The van der Waals surface area contributed by atoms with Crippen LogP contribution in [0.1, 0.15) is 44.1 Å². The second kappa shape index (κ2) is 8.48. The molecule has 3 rings (SSSR count). The third-order valence-electron chi connectivity index (χ3n) is 5.39. The first-order chi connectivity index (χ1) is 12.1. The summed E-state index contributed by atoms with van der Waals surface area (Å²) in [5.74, 6) is 0.499. The molecule has 1 aliphatic heterocycles. The molecular formula is C20H28N2O3. The summed E-state index contributed by atoms with van der Waals surface area (Å²) in [6.45, 7) is 1.28. The molecular weight excluding hydrogens is 316 g/mol. The van der Waals surface area contributed by atoms with Crippen LogP contribution in [0.4, 0.5) is 0 Å². The molecule has 2 N–H and O–H groups in total. The number of nitrogens with zero attached hydrogens (tertiary/aromatic N) is 1. The van der Waals surface area contributed by atoms with Gasteiger partial charge in [0.1, 0.15) is 0 Å². The first-order valence-electron chi connectivity index (χ1n) is 9.41. The summed E-state index contributed by atoms with van der Waals surface area (Å²) in [5, 5.41) is 12.8. The molecule has 5 nitrogen and oxygen atoms in total. The molecule has 1 saturated heterocycles. The largest absolute Gasteiger partial charge is 0.393 e. The average molecular weight is 344 g/mol. The molecule has 1 heterocycles. The highest BCUT2D eigenvalue weighted by atomic mass is 16.3. The fraction of sp³-hybridized carbons (Fsp3) is 0.600. The van der Waals surface area contributed by atoms with Gasteiger partial charge in [0.2, 0.25) is 11.8 Å². The van der Waals surface area contributed by atoms with Crippen LogP contribution >= 0.6 is 0 Å². The van der Waals surface area contributed by atoms with Crippen LogP contribution in [0.5, 0.6) is 0 Å². The maximum atomic E-state index is 12.4. The van der Waals surface area contributed by atoms with Gasteiger partial charge >= 0.3 is 0 Å². The Morgan fingerprint density at radius 2 is 2.00 bits per heavy atom. The van der Waals surface area contributed by atoms with E-state index in [0.29, 0.717) is 25.3 Å². The number of piperidine rings is 1. The topological polar surface area (TPSA) is 69.6 Å². The van der Waals surface area contributed by atoms with E-state index >= 15 is 0 Å². The van der Waals surface area contributed by atoms with Crippen molar-refractivity contribution >= 4 is 11.8 Å². The van der Waals surface area contributed by atoms with E-state index in [1.807, 2.05) is 23.1 Å². The number of aliphatic hydroxyl groups is 1. The number of nitrogens with one attached hydrogen (secondary N) is 1. The molecule has 25 heavy (non-hydrogen) atoms. The van der Waals surface area contributed by atoms with Crippen molar-refractivity contribution in [1.82, 2.24) is 10.2 Å². The SMILES string of the molecule is O=C(CCN1CCCCC1=O)N[C@@H](Cc1ccccc1)C1CC(O)C1. The molecule has 0 spiro atoms. The van der Waals surface area contributed by atoms with Crippen molar-refractivity contribution in [2.75, 3.05) is 13.1 Å². The monoisotopic (exact) mass is 344 g/mol. The lowest BCUT2D eigenvalue weighted by molar-refractivity contribution is -0.134. The van der Waals surface area contributed by atoms with E-state index in [-0.39, 0.29) is 24.0 Å². The summed E-state index contributed by atoms with van der Waals surface area (Å²) >= 11 is 0. The molecule has 1 aromatic carbocycles. The van der Waals surface area contributed by atoms with Gasteiger partial charge in [-0.25, -0.2) is 0 Å². The zero-order chi connectivity index (χ0) is 17.6. The Balaban J connectivity index is 1.52. The Morgan fingerprint density at radius 1 is 1.24 bits per heavy atom. The van der Waals surface area contributed by atoms with Crippen LogP contribution < -0.4 is 5.32 Å². The molecule has 0 aromatic heterocycles. The number of carbonyl (C=O) groups is 2. The van der Waals surface area contributed by atoms with Gasteiger partial charge in [-0.15, -0.1) is 0 Å². The highest BCUT2D eigenvalue weighted by Crippen LogP contribution is 2.31. The van der Waals surface area contributed by atoms with Crippen LogP contribution in [0.15, 0.2) is 30.3 Å². The van der Waals surface area contributed by atoms with Crippen LogP contribution in [0, 0.1) is 5.92 Å². The van der Waals surface area contributed by atoms with Crippen LogP contribution in [-0.2, 0) is 16.0 Å². The molecule has 2 fully saturated rings. The molecule has 1 saturated carbocycles. The second-order valence-corrected chi connectivity index (χ2v) is 7.34. The first-order valence-corrected chi connectivity index (χ1v) is 9.41. The van der Waals surface area contributed by atoms with Crippen molar-refractivity contribution in [3.8, 4) is 0 Å². The van der Waals surface area contributed by atoms with Gasteiger partial charge in [-0.1, -0.05) is 30.3 Å². The number of carbonyl (C=O) groups excluding carboxylic acids is 2. The van der Waals surface area contributed by atoms with Gasteiger partial charge in [-0.2, -0.15) is 0 Å². The smallest absolute Gasteiger partial charge is 0.222 e. The normalized spacial score (nSPS) is 24.5. The Kier molecular flexibility index (Phi) is 6.08. The summed E-state index contributed by atoms with van der Waals surface area (Å²) in [5.41, 5.74) is 1.19. The van der Waals surface area contributed by atoms with Crippen LogP contribution in [-0.4, -0.2) is 47.1 Å². The summed E-state index contributed by atoms with van der Waals surface area (Å²) in [4.78, 5) is 26.1. The Morgan fingerprint density at radius 3 is 2.68 bits per heavy atom. The van der Waals surface area contributed by atoms with E-state index in [9.17, 15) is 14.7 Å². The summed E-state index contributed by atoms with van der Waals surface area (Å²) in [6.07, 6.45) is 5.02. The second-order valence-electron chi connectivity index (χ2n) is 7.34. The van der Waals surface area contributed by atoms with Gasteiger partial charge < -0.3 is 15.3 Å². The van der Waals surface area contributed by atoms with Crippen molar-refractivity contribution in [1.29, 1.82) is 0 Å². The molecule has 1 aliphatic carbocycles. The number of amides is 2. The number of rotatable bonds is 7. The van der Waals surface area contributed by atoms with Gasteiger partial charge in [-0.05, 0) is 43.6 Å². The highest BCUT2D eigenvalue weighted by molar-refractivity contribution is 5.79. The molecule has 0 unspecified atom stereocenters. The Labute approximate surface area is 149 Å². The zero-order valence-corrected chi connectivity index (χ0v) is 14.7. The molecule has 2 aliphatic rings. The maximum Gasteiger partial charge on any atom is 0.222 e. The number of aliphatic hydroxyl groups excluding tert-OH is 1. The zero-order valence-electron chi connectivity index (χ0n) is 14.7. The quantitative estimate of drug-likeness (QED) is 0.794. The minimum atomic E-state index is -0.230. The number of hydrogen-bond acceptors (Lipinski definition) is 3. The van der Waals surface area contributed by atoms with Crippen LogP contribution in [0.25, 0.3) is 0 Å². The lowest BCUT2D eigenvalue weighted by atomic mass is 9.75. The van der Waals surface area contributed by atoms with Crippen molar-refractivity contribution in [3.63, 3.8) is 0 Å². The van der Waals surface area contributed by atoms with Crippen molar-refractivity contribution < 1.29 is 14.7 Å². The number of hydrogen-bond donors (Lipinski definition) is 2. The van der Waals surface area contributed by atoms with Crippen molar-refractivity contribution in [2.24, 2.45) is 5.92 Å². The predicted octanol–water partition coefficient (Wildman–Crippen LogP) is 1.89. The minimum absolute atomic E-state index is 0.000643. The highest BCUT2D eigenvalue weighted by Gasteiger charge is 2.34. The van der Waals surface area contributed by atoms with Crippen molar-refractivity contribution in [3.05, 3.63) is 35.9 Å². The number of likely N-dealkylation sites (tertiary alicyclic amines) is 1. The molecule has 2 amide bonds. The Bertz CT molecular complexity index is 584. The molecule has 5 heteroatoms. The fourth-order valence-electron chi connectivity index (χ4n) is 3.78. The van der Waals surface area contributed by atoms with Gasteiger partial charge in [-0.3, -0.25) is 9.59 Å². The Hall–Kier alpha value is -1.88. The van der Waals surface area contributed by atoms with Gasteiger partial charge in [0.05, 0.1) is 6.10 Å². The molecule has 136 valence electrons. The average Bonchev–Trinajstić information content (AvgIpc) is 2.59. The molecule has 1 atom stereocenters. The molecule has 0 radical (unpaired) electrons. The van der Waals surface area contributed by atoms with E-state index in [4.69, 9.17) is 0 Å². The minimum Gasteiger partial charge on any atom is -0.393 e. The van der Waals surface area contributed by atoms with Crippen LogP contribution in [0.2, 0.25) is 0 Å². The third-order valence-corrected chi connectivity index (χ3v) is 5.39. The van der Waals surface area contributed by atoms with Gasteiger partial charge in [0.25, 0.3) is 0 Å². The number of benzene rings is 1. The third kappa shape index (κ3) is 5.05. The summed E-state index contributed by atoms with van der Waals surface area (Å²) < 4.78 is 0. The fourth-order valence-corrected chi connectivity index (χ4v) is 3.78.